The summed E-state index contributed by atoms with van der Waals surface area (Å²) in [6.45, 7) is -0.247. The molecule has 56 valence electrons. The molecule has 0 amide bonds. The van der Waals surface area contributed by atoms with Gasteiger partial charge < -0.3 is 14.9 Å². The van der Waals surface area contributed by atoms with E-state index >= 15 is 0 Å². The molecule has 0 rings (SSSR count). The number of aliphatic hydroxyl groups excluding tert-OH is 1. The number of aliphatic carboxylic acids is 1. The summed E-state index contributed by atoms with van der Waals surface area (Å²) < 4.78 is 4.58. The number of aliphatic hydroxyl groups is 1. The fourth-order valence-electron chi connectivity index (χ4n) is 0.417. The first kappa shape index (κ1) is 12.7. The van der Waals surface area contributed by atoms with E-state index in [1.54, 1.807) is 0 Å². The Morgan fingerprint density at radius 1 is 1.70 bits per heavy atom. The standard InChI is InChI=1S/C5H10O4.Zn/c1-9-4(3-6)2-5(7)8;/h4,6H,2-3H2,1H3,(H,7,8);. The van der Waals surface area contributed by atoms with Crippen LogP contribution < -0.4 is 0 Å². The average molecular weight is 200 g/mol. The quantitative estimate of drug-likeness (QED) is 0.597. The molecule has 0 heterocycles. The molecule has 0 aliphatic carbocycles. The molecular formula is C5H10O4Zn. The van der Waals surface area contributed by atoms with Crippen LogP contribution in [0.25, 0.3) is 0 Å². The van der Waals surface area contributed by atoms with Crippen LogP contribution in [-0.4, -0.2) is 36.0 Å². The van der Waals surface area contributed by atoms with Gasteiger partial charge in [0.25, 0.3) is 0 Å². The maximum absolute atomic E-state index is 9.94. The Hall–Kier alpha value is 0.0134. The monoisotopic (exact) mass is 198 g/mol. The number of hydrogen-bond donors (Lipinski definition) is 2. The van der Waals surface area contributed by atoms with E-state index in [1.807, 2.05) is 0 Å². The number of rotatable bonds is 4. The molecule has 1 atom stereocenters. The molecule has 0 aromatic rings. The SMILES string of the molecule is COC(CO)CC(=O)O.[Zn]. The Morgan fingerprint density at radius 3 is 2.30 bits per heavy atom. The Balaban J connectivity index is 0. The smallest absolute Gasteiger partial charge is 0.306 e. The van der Waals surface area contributed by atoms with Gasteiger partial charge in [0, 0.05) is 26.6 Å². The molecule has 0 radical (unpaired) electrons. The summed E-state index contributed by atoms with van der Waals surface area (Å²) in [6, 6.07) is 0. The summed E-state index contributed by atoms with van der Waals surface area (Å²) in [5.41, 5.74) is 0. The van der Waals surface area contributed by atoms with Crippen molar-refractivity contribution in [3.63, 3.8) is 0 Å². The molecule has 1 unspecified atom stereocenters. The molecule has 0 aromatic carbocycles. The van der Waals surface area contributed by atoms with Crippen molar-refractivity contribution in [1.29, 1.82) is 0 Å². The number of methoxy groups -OCH3 is 1. The number of ether oxygens (including phenoxy) is 1. The summed E-state index contributed by atoms with van der Waals surface area (Å²) in [5.74, 6) is -0.962. The summed E-state index contributed by atoms with van der Waals surface area (Å²) in [5, 5.41) is 16.5. The molecule has 0 saturated carbocycles. The number of carboxylic acid groups (broad SMARTS) is 1. The molecular weight excluding hydrogens is 189 g/mol. The zero-order chi connectivity index (χ0) is 7.28. The molecule has 10 heavy (non-hydrogen) atoms. The summed E-state index contributed by atoms with van der Waals surface area (Å²) in [7, 11) is 1.36. The molecule has 0 spiro atoms. The number of carboxylic acids is 1. The molecule has 0 fully saturated rings. The van der Waals surface area contributed by atoms with Crippen molar-refractivity contribution in [2.75, 3.05) is 13.7 Å². The Bertz CT molecular complexity index is 91.6. The van der Waals surface area contributed by atoms with Gasteiger partial charge in [0.1, 0.15) is 0 Å². The zero-order valence-electron chi connectivity index (χ0n) is 5.91. The summed E-state index contributed by atoms with van der Waals surface area (Å²) in [6.07, 6.45) is -0.713. The molecule has 0 saturated heterocycles. The molecule has 2 N–H and O–H groups in total. The van der Waals surface area contributed by atoms with E-state index in [-0.39, 0.29) is 32.5 Å². The van der Waals surface area contributed by atoms with E-state index in [4.69, 9.17) is 10.2 Å². The van der Waals surface area contributed by atoms with Crippen molar-refractivity contribution in [2.45, 2.75) is 12.5 Å². The van der Waals surface area contributed by atoms with Crippen LogP contribution in [-0.2, 0) is 29.0 Å². The minimum absolute atomic E-state index is 0. The van der Waals surface area contributed by atoms with Crippen LogP contribution in [0.4, 0.5) is 0 Å². The first-order valence-electron chi connectivity index (χ1n) is 2.56. The van der Waals surface area contributed by atoms with Crippen LogP contribution in [0.1, 0.15) is 6.42 Å². The first-order chi connectivity index (χ1) is 4.20. The molecule has 4 nitrogen and oxygen atoms in total. The third-order valence-corrected chi connectivity index (χ3v) is 0.939. The van der Waals surface area contributed by atoms with Crippen LogP contribution >= 0.6 is 0 Å². The van der Waals surface area contributed by atoms with Gasteiger partial charge in [-0.15, -0.1) is 0 Å². The summed E-state index contributed by atoms with van der Waals surface area (Å²) >= 11 is 0. The van der Waals surface area contributed by atoms with Gasteiger partial charge in [0.05, 0.1) is 19.1 Å². The molecule has 0 bridgehead atoms. The predicted molar refractivity (Wildman–Crippen MR) is 30.1 cm³/mol. The predicted octanol–water partition coefficient (Wildman–Crippen LogP) is -0.534. The Kier molecular flexibility index (Phi) is 9.03. The van der Waals surface area contributed by atoms with Crippen LogP contribution in [0, 0.1) is 0 Å². The minimum Gasteiger partial charge on any atom is -0.481 e. The molecule has 5 heteroatoms. The van der Waals surface area contributed by atoms with Crippen LogP contribution in [0.3, 0.4) is 0 Å². The molecule has 0 aliphatic heterocycles. The van der Waals surface area contributed by atoms with Crippen molar-refractivity contribution >= 4 is 5.97 Å². The van der Waals surface area contributed by atoms with Gasteiger partial charge in [-0.05, 0) is 0 Å². The van der Waals surface area contributed by atoms with Crippen LogP contribution in [0.5, 0.6) is 0 Å². The minimum atomic E-state index is -0.962. The second-order valence-corrected chi connectivity index (χ2v) is 1.64. The van der Waals surface area contributed by atoms with Crippen molar-refractivity contribution in [1.82, 2.24) is 0 Å². The maximum atomic E-state index is 9.94. The van der Waals surface area contributed by atoms with Crippen molar-refractivity contribution in [3.05, 3.63) is 0 Å². The average Bonchev–Trinajstić information content (AvgIpc) is 1.82. The largest absolute Gasteiger partial charge is 0.481 e. The van der Waals surface area contributed by atoms with Gasteiger partial charge >= 0.3 is 5.97 Å². The Labute approximate surface area is 71.9 Å². The van der Waals surface area contributed by atoms with Gasteiger partial charge in [-0.1, -0.05) is 0 Å². The Morgan fingerprint density at radius 2 is 2.20 bits per heavy atom. The molecule has 0 aromatic heterocycles. The maximum Gasteiger partial charge on any atom is 0.306 e. The third-order valence-electron chi connectivity index (χ3n) is 0.939. The van der Waals surface area contributed by atoms with Gasteiger partial charge in [-0.25, -0.2) is 0 Å². The second kappa shape index (κ2) is 7.12. The van der Waals surface area contributed by atoms with Crippen molar-refractivity contribution in [3.8, 4) is 0 Å². The van der Waals surface area contributed by atoms with E-state index in [1.165, 1.54) is 7.11 Å². The van der Waals surface area contributed by atoms with Gasteiger partial charge in [0.15, 0.2) is 0 Å². The zero-order valence-corrected chi connectivity index (χ0v) is 8.88. The fraction of sp³-hybridized carbons (Fsp3) is 0.800. The first-order valence-corrected chi connectivity index (χ1v) is 2.56. The van der Waals surface area contributed by atoms with E-state index in [0.717, 1.165) is 0 Å². The van der Waals surface area contributed by atoms with E-state index in [9.17, 15) is 4.79 Å². The van der Waals surface area contributed by atoms with Gasteiger partial charge in [0.2, 0.25) is 0 Å². The van der Waals surface area contributed by atoms with Crippen LogP contribution in [0.2, 0.25) is 0 Å². The van der Waals surface area contributed by atoms with E-state index < -0.39 is 12.1 Å². The van der Waals surface area contributed by atoms with Crippen molar-refractivity contribution in [2.24, 2.45) is 0 Å². The fourth-order valence-corrected chi connectivity index (χ4v) is 0.417. The summed E-state index contributed by atoms with van der Waals surface area (Å²) in [4.78, 5) is 9.94. The van der Waals surface area contributed by atoms with Gasteiger partial charge in [-0.2, -0.15) is 0 Å². The number of hydrogen-bond acceptors (Lipinski definition) is 3. The third kappa shape index (κ3) is 6.14. The number of carbonyl (C=O) groups is 1. The van der Waals surface area contributed by atoms with E-state index in [0.29, 0.717) is 0 Å². The van der Waals surface area contributed by atoms with E-state index in [2.05, 4.69) is 4.74 Å². The topological polar surface area (TPSA) is 66.8 Å². The second-order valence-electron chi connectivity index (χ2n) is 1.64. The normalized spacial score (nSPS) is 11.8. The van der Waals surface area contributed by atoms with Gasteiger partial charge in [-0.3, -0.25) is 4.79 Å². The molecule has 0 aliphatic rings. The van der Waals surface area contributed by atoms with Crippen LogP contribution in [0.15, 0.2) is 0 Å². The van der Waals surface area contributed by atoms with Crippen molar-refractivity contribution < 1.29 is 39.2 Å².